The van der Waals surface area contributed by atoms with Crippen molar-refractivity contribution in [3.05, 3.63) is 29.8 Å². The molecule has 0 fully saturated rings. The van der Waals surface area contributed by atoms with Crippen LogP contribution in [0.3, 0.4) is 0 Å². The van der Waals surface area contributed by atoms with Gasteiger partial charge in [-0.2, -0.15) is 0 Å². The number of hydrogen-bond acceptors (Lipinski definition) is 4. The molecule has 1 amide bonds. The summed E-state index contributed by atoms with van der Waals surface area (Å²) < 4.78 is 4.52. The molecule has 0 unspecified atom stereocenters. The summed E-state index contributed by atoms with van der Waals surface area (Å²) in [6, 6.07) is 7.04. The lowest BCUT2D eigenvalue weighted by Crippen LogP contribution is -2.23. The lowest BCUT2D eigenvalue weighted by Gasteiger charge is -2.06. The van der Waals surface area contributed by atoms with Gasteiger partial charge in [-0.3, -0.25) is 0 Å². The molecule has 5 heteroatoms. The Morgan fingerprint density at radius 2 is 2.20 bits per heavy atom. The Morgan fingerprint density at radius 1 is 1.47 bits per heavy atom. The number of nitrogens with two attached hydrogens (primary N) is 1. The Kier molecular flexibility index (Phi) is 4.43. The third kappa shape index (κ3) is 4.33. The van der Waals surface area contributed by atoms with Gasteiger partial charge in [0.1, 0.15) is 12.4 Å². The van der Waals surface area contributed by atoms with E-state index in [9.17, 15) is 9.90 Å². The van der Waals surface area contributed by atoms with Gasteiger partial charge in [0.25, 0.3) is 0 Å². The normalized spacial score (nSPS) is 9.87. The van der Waals surface area contributed by atoms with Crippen LogP contribution in [0.15, 0.2) is 24.3 Å². The zero-order chi connectivity index (χ0) is 11.1. The van der Waals surface area contributed by atoms with Crippen LogP contribution in [-0.4, -0.2) is 24.4 Å². The van der Waals surface area contributed by atoms with E-state index in [0.717, 1.165) is 5.56 Å². The van der Waals surface area contributed by atoms with Crippen LogP contribution >= 0.6 is 0 Å². The maximum Gasteiger partial charge on any atom is 0.404 e. The number of carbonyl (C=O) groups excluding carboxylic acids is 1. The number of amides is 1. The molecule has 82 valence electrons. The molecule has 0 heterocycles. The lowest BCUT2D eigenvalue weighted by molar-refractivity contribution is 0.157. The topological polar surface area (TPSA) is 84.6 Å². The highest BCUT2D eigenvalue weighted by molar-refractivity contribution is 5.64. The number of nitrogens with one attached hydrogen (secondary N) is 1. The monoisotopic (exact) mass is 210 g/mol. The summed E-state index contributed by atoms with van der Waals surface area (Å²) in [7, 11) is 0. The van der Waals surface area contributed by atoms with Gasteiger partial charge >= 0.3 is 6.09 Å². The second kappa shape index (κ2) is 5.87. The van der Waals surface area contributed by atoms with E-state index in [1.54, 1.807) is 12.1 Å². The number of phenols is 1. The van der Waals surface area contributed by atoms with Crippen molar-refractivity contribution in [2.45, 2.75) is 6.54 Å². The molecule has 0 atom stereocenters. The SMILES string of the molecule is NC(=O)OCCNCc1ccccc1O. The fraction of sp³-hybridized carbons (Fsp3) is 0.300. The molecule has 0 saturated carbocycles. The van der Waals surface area contributed by atoms with Crippen molar-refractivity contribution < 1.29 is 14.6 Å². The molecule has 1 rings (SSSR count). The maximum atomic E-state index is 10.2. The minimum atomic E-state index is -0.778. The van der Waals surface area contributed by atoms with Crippen LogP contribution in [0.25, 0.3) is 0 Å². The number of ether oxygens (including phenoxy) is 1. The molecule has 0 radical (unpaired) electrons. The van der Waals surface area contributed by atoms with E-state index in [1.807, 2.05) is 12.1 Å². The van der Waals surface area contributed by atoms with Gasteiger partial charge in [0.05, 0.1) is 0 Å². The highest BCUT2D eigenvalue weighted by atomic mass is 16.5. The number of rotatable bonds is 5. The molecular formula is C10H14N2O3. The number of phenolic OH excluding ortho intramolecular Hbond substituents is 1. The summed E-state index contributed by atoms with van der Waals surface area (Å²) in [6.07, 6.45) is -0.778. The van der Waals surface area contributed by atoms with Crippen molar-refractivity contribution in [1.82, 2.24) is 5.32 Å². The van der Waals surface area contributed by atoms with Gasteiger partial charge in [-0.05, 0) is 6.07 Å². The van der Waals surface area contributed by atoms with Crippen LogP contribution in [0.4, 0.5) is 4.79 Å². The Labute approximate surface area is 87.9 Å². The fourth-order valence-corrected chi connectivity index (χ4v) is 1.11. The van der Waals surface area contributed by atoms with Crippen molar-refractivity contribution >= 4 is 6.09 Å². The summed E-state index contributed by atoms with van der Waals surface area (Å²) in [5.41, 5.74) is 5.58. The van der Waals surface area contributed by atoms with Gasteiger partial charge in [0.15, 0.2) is 0 Å². The molecule has 0 aliphatic heterocycles. The number of carbonyl (C=O) groups is 1. The number of aromatic hydroxyl groups is 1. The average molecular weight is 210 g/mol. The van der Waals surface area contributed by atoms with Crippen molar-refractivity contribution in [2.24, 2.45) is 5.73 Å². The third-order valence-electron chi connectivity index (χ3n) is 1.83. The van der Waals surface area contributed by atoms with Gasteiger partial charge in [-0.15, -0.1) is 0 Å². The molecule has 0 saturated heterocycles. The first-order valence-electron chi connectivity index (χ1n) is 4.60. The van der Waals surface area contributed by atoms with Gasteiger partial charge in [-0.25, -0.2) is 4.79 Å². The fourth-order valence-electron chi connectivity index (χ4n) is 1.11. The predicted molar refractivity (Wildman–Crippen MR) is 55.3 cm³/mol. The summed E-state index contributed by atoms with van der Waals surface area (Å²) in [6.45, 7) is 1.25. The number of primary amides is 1. The average Bonchev–Trinajstić information content (AvgIpc) is 2.20. The van der Waals surface area contributed by atoms with Gasteiger partial charge < -0.3 is 20.9 Å². The Bertz CT molecular complexity index is 328. The van der Waals surface area contributed by atoms with Crippen LogP contribution in [0, 0.1) is 0 Å². The van der Waals surface area contributed by atoms with E-state index < -0.39 is 6.09 Å². The van der Waals surface area contributed by atoms with E-state index in [2.05, 4.69) is 10.1 Å². The van der Waals surface area contributed by atoms with Crippen LogP contribution < -0.4 is 11.1 Å². The Morgan fingerprint density at radius 3 is 2.87 bits per heavy atom. The van der Waals surface area contributed by atoms with E-state index in [0.29, 0.717) is 13.1 Å². The van der Waals surface area contributed by atoms with Crippen LogP contribution in [-0.2, 0) is 11.3 Å². The smallest absolute Gasteiger partial charge is 0.404 e. The minimum absolute atomic E-state index is 0.225. The highest BCUT2D eigenvalue weighted by Crippen LogP contribution is 2.14. The number of hydrogen-bond donors (Lipinski definition) is 3. The molecule has 0 spiro atoms. The summed E-state index contributed by atoms with van der Waals surface area (Å²) in [5, 5.41) is 12.4. The molecular weight excluding hydrogens is 196 g/mol. The predicted octanol–water partition coefficient (Wildman–Crippen LogP) is 0.577. The van der Waals surface area contributed by atoms with Crippen molar-refractivity contribution in [3.8, 4) is 5.75 Å². The quantitative estimate of drug-likeness (QED) is 0.620. The highest BCUT2D eigenvalue weighted by Gasteiger charge is 1.98. The van der Waals surface area contributed by atoms with Crippen molar-refractivity contribution in [2.75, 3.05) is 13.2 Å². The maximum absolute atomic E-state index is 10.2. The third-order valence-corrected chi connectivity index (χ3v) is 1.83. The van der Waals surface area contributed by atoms with E-state index in [-0.39, 0.29) is 12.4 Å². The Balaban J connectivity index is 2.21. The first kappa shape index (κ1) is 11.3. The van der Waals surface area contributed by atoms with Crippen LogP contribution in [0.2, 0.25) is 0 Å². The largest absolute Gasteiger partial charge is 0.508 e. The summed E-state index contributed by atoms with van der Waals surface area (Å²) in [5.74, 6) is 0.251. The van der Waals surface area contributed by atoms with E-state index in [4.69, 9.17) is 5.73 Å². The first-order valence-corrected chi connectivity index (χ1v) is 4.60. The number of para-hydroxylation sites is 1. The second-order valence-electron chi connectivity index (χ2n) is 2.97. The standard InChI is InChI=1S/C10H14N2O3/c11-10(14)15-6-5-12-7-8-3-1-2-4-9(8)13/h1-4,12-13H,5-7H2,(H2,11,14). The number of benzene rings is 1. The van der Waals surface area contributed by atoms with Gasteiger partial charge in [0.2, 0.25) is 0 Å². The van der Waals surface area contributed by atoms with Crippen molar-refractivity contribution in [3.63, 3.8) is 0 Å². The molecule has 15 heavy (non-hydrogen) atoms. The molecule has 1 aromatic carbocycles. The zero-order valence-electron chi connectivity index (χ0n) is 8.27. The molecule has 0 aromatic heterocycles. The van der Waals surface area contributed by atoms with Crippen LogP contribution in [0.5, 0.6) is 5.75 Å². The molecule has 0 bridgehead atoms. The first-order chi connectivity index (χ1) is 7.20. The van der Waals surface area contributed by atoms with Crippen LogP contribution in [0.1, 0.15) is 5.56 Å². The molecule has 5 nitrogen and oxygen atoms in total. The van der Waals surface area contributed by atoms with Gasteiger partial charge in [-0.1, -0.05) is 18.2 Å². The van der Waals surface area contributed by atoms with E-state index >= 15 is 0 Å². The summed E-state index contributed by atoms with van der Waals surface area (Å²) in [4.78, 5) is 10.2. The molecule has 0 aliphatic rings. The van der Waals surface area contributed by atoms with E-state index in [1.165, 1.54) is 0 Å². The van der Waals surface area contributed by atoms with Crippen molar-refractivity contribution in [1.29, 1.82) is 0 Å². The summed E-state index contributed by atoms with van der Waals surface area (Å²) >= 11 is 0. The molecule has 4 N–H and O–H groups in total. The second-order valence-corrected chi connectivity index (χ2v) is 2.97. The lowest BCUT2D eigenvalue weighted by atomic mass is 10.2. The van der Waals surface area contributed by atoms with Gasteiger partial charge in [0, 0.05) is 18.7 Å². The Hall–Kier alpha value is -1.75. The zero-order valence-corrected chi connectivity index (χ0v) is 8.27. The molecule has 1 aromatic rings. The minimum Gasteiger partial charge on any atom is -0.508 e. The molecule has 0 aliphatic carbocycles.